The van der Waals surface area contributed by atoms with Crippen molar-refractivity contribution in [3.05, 3.63) is 42.4 Å². The number of rotatable bonds is 5. The van der Waals surface area contributed by atoms with E-state index < -0.39 is 0 Å². The van der Waals surface area contributed by atoms with Gasteiger partial charge in [0.05, 0.1) is 7.11 Å². The van der Waals surface area contributed by atoms with Crippen molar-refractivity contribution < 1.29 is 9.53 Å². The van der Waals surface area contributed by atoms with E-state index in [0.29, 0.717) is 24.9 Å². The van der Waals surface area contributed by atoms with Crippen LogP contribution in [0.1, 0.15) is 18.4 Å². The maximum absolute atomic E-state index is 12.2. The summed E-state index contributed by atoms with van der Waals surface area (Å²) in [5.74, 6) is 1.22. The van der Waals surface area contributed by atoms with Gasteiger partial charge >= 0.3 is 6.03 Å². The standard InChI is InChI=1S/C17H22N6O2/c1-25-15-13(5-2-7-18-15)11-21-17(24)22-14-6-3-10-23(12-14)16-19-8-4-9-20-16/h2,4-5,7-9,14H,3,6,10-12H2,1H3,(H2,21,22,24)/t14-/m1/s1. The second-order valence-corrected chi connectivity index (χ2v) is 5.83. The number of hydrogen-bond donors (Lipinski definition) is 2. The molecule has 2 aromatic rings. The van der Waals surface area contributed by atoms with Gasteiger partial charge in [-0.15, -0.1) is 0 Å². The Hall–Kier alpha value is -2.90. The van der Waals surface area contributed by atoms with Crippen LogP contribution in [0.15, 0.2) is 36.8 Å². The van der Waals surface area contributed by atoms with Crippen LogP contribution in [0.5, 0.6) is 5.88 Å². The van der Waals surface area contributed by atoms with Crippen molar-refractivity contribution in [3.8, 4) is 5.88 Å². The Morgan fingerprint density at radius 3 is 2.88 bits per heavy atom. The number of nitrogens with zero attached hydrogens (tertiary/aromatic N) is 4. The van der Waals surface area contributed by atoms with Crippen molar-refractivity contribution >= 4 is 12.0 Å². The van der Waals surface area contributed by atoms with E-state index in [0.717, 1.165) is 24.9 Å². The second kappa shape index (κ2) is 8.27. The minimum atomic E-state index is -0.202. The summed E-state index contributed by atoms with van der Waals surface area (Å²) < 4.78 is 5.19. The molecule has 0 bridgehead atoms. The predicted molar refractivity (Wildman–Crippen MR) is 93.4 cm³/mol. The third-order valence-electron chi connectivity index (χ3n) is 4.07. The molecule has 1 fully saturated rings. The van der Waals surface area contributed by atoms with Crippen molar-refractivity contribution in [2.45, 2.75) is 25.4 Å². The molecular weight excluding hydrogens is 320 g/mol. The van der Waals surface area contributed by atoms with E-state index in [1.807, 2.05) is 12.1 Å². The van der Waals surface area contributed by atoms with Crippen LogP contribution in [0, 0.1) is 0 Å². The molecule has 2 N–H and O–H groups in total. The SMILES string of the molecule is COc1ncccc1CNC(=O)N[C@@H]1CCCN(c2ncccn2)C1. The first-order valence-electron chi connectivity index (χ1n) is 8.30. The molecule has 3 heterocycles. The average molecular weight is 342 g/mol. The summed E-state index contributed by atoms with van der Waals surface area (Å²) >= 11 is 0. The number of methoxy groups -OCH3 is 1. The molecule has 8 nitrogen and oxygen atoms in total. The molecule has 1 atom stereocenters. The van der Waals surface area contributed by atoms with Crippen LogP contribution >= 0.6 is 0 Å². The van der Waals surface area contributed by atoms with E-state index in [-0.39, 0.29) is 12.1 Å². The highest BCUT2D eigenvalue weighted by Crippen LogP contribution is 2.15. The van der Waals surface area contributed by atoms with Crippen LogP contribution in [-0.4, -0.2) is 47.2 Å². The Labute approximate surface area is 146 Å². The van der Waals surface area contributed by atoms with Crippen molar-refractivity contribution in [2.75, 3.05) is 25.1 Å². The van der Waals surface area contributed by atoms with Crippen LogP contribution in [0.2, 0.25) is 0 Å². The van der Waals surface area contributed by atoms with Crippen LogP contribution in [0.4, 0.5) is 10.7 Å². The molecule has 0 saturated carbocycles. The van der Waals surface area contributed by atoms with Crippen molar-refractivity contribution in [1.29, 1.82) is 0 Å². The predicted octanol–water partition coefficient (Wildman–Crippen LogP) is 1.35. The van der Waals surface area contributed by atoms with Crippen LogP contribution in [-0.2, 0) is 6.54 Å². The van der Waals surface area contributed by atoms with Gasteiger partial charge in [-0.2, -0.15) is 0 Å². The second-order valence-electron chi connectivity index (χ2n) is 5.83. The lowest BCUT2D eigenvalue weighted by molar-refractivity contribution is 0.234. The molecule has 0 radical (unpaired) electrons. The summed E-state index contributed by atoms with van der Waals surface area (Å²) in [5.41, 5.74) is 0.836. The number of anilines is 1. The number of pyridine rings is 1. The molecule has 0 aliphatic carbocycles. The molecule has 0 aromatic carbocycles. The summed E-state index contributed by atoms with van der Waals surface area (Å²) in [7, 11) is 1.56. The van der Waals surface area contributed by atoms with Crippen LogP contribution < -0.4 is 20.3 Å². The number of urea groups is 1. The zero-order valence-corrected chi connectivity index (χ0v) is 14.2. The van der Waals surface area contributed by atoms with Crippen LogP contribution in [0.25, 0.3) is 0 Å². The highest BCUT2D eigenvalue weighted by molar-refractivity contribution is 5.74. The average Bonchev–Trinajstić information content (AvgIpc) is 2.67. The fourth-order valence-electron chi connectivity index (χ4n) is 2.89. The Morgan fingerprint density at radius 1 is 1.28 bits per heavy atom. The zero-order valence-electron chi connectivity index (χ0n) is 14.2. The summed E-state index contributed by atoms with van der Waals surface area (Å²) in [6.45, 7) is 1.96. The number of carbonyl (C=O) groups excluding carboxylic acids is 1. The summed E-state index contributed by atoms with van der Waals surface area (Å²) in [6, 6.07) is 5.35. The molecule has 1 saturated heterocycles. The van der Waals surface area contributed by atoms with Crippen molar-refractivity contribution in [1.82, 2.24) is 25.6 Å². The fraction of sp³-hybridized carbons (Fsp3) is 0.412. The first-order chi connectivity index (χ1) is 12.3. The maximum atomic E-state index is 12.2. The molecule has 0 unspecified atom stereocenters. The molecule has 25 heavy (non-hydrogen) atoms. The summed E-state index contributed by atoms with van der Waals surface area (Å²) in [6.07, 6.45) is 7.04. The van der Waals surface area contributed by atoms with E-state index in [4.69, 9.17) is 4.74 Å². The van der Waals surface area contributed by atoms with E-state index >= 15 is 0 Å². The number of nitrogens with one attached hydrogen (secondary N) is 2. The lowest BCUT2D eigenvalue weighted by Gasteiger charge is -2.33. The topological polar surface area (TPSA) is 92.3 Å². The molecule has 132 valence electrons. The van der Waals surface area contributed by atoms with Gasteiger partial charge in [-0.3, -0.25) is 0 Å². The number of piperidine rings is 1. The van der Waals surface area contributed by atoms with Gasteiger partial charge in [0.2, 0.25) is 11.8 Å². The number of ether oxygens (including phenoxy) is 1. The van der Waals surface area contributed by atoms with Crippen LogP contribution in [0.3, 0.4) is 0 Å². The van der Waals surface area contributed by atoms with Gasteiger partial charge in [-0.1, -0.05) is 6.07 Å². The van der Waals surface area contributed by atoms with E-state index in [2.05, 4.69) is 30.5 Å². The van der Waals surface area contributed by atoms with Crippen molar-refractivity contribution in [2.24, 2.45) is 0 Å². The van der Waals surface area contributed by atoms with E-state index in [1.54, 1.807) is 31.8 Å². The molecule has 1 aliphatic heterocycles. The lowest BCUT2D eigenvalue weighted by Crippen LogP contribution is -2.50. The van der Waals surface area contributed by atoms with E-state index in [9.17, 15) is 4.79 Å². The minimum Gasteiger partial charge on any atom is -0.481 e. The molecular formula is C17H22N6O2. The van der Waals surface area contributed by atoms with Gasteiger partial charge in [-0.25, -0.2) is 19.7 Å². The van der Waals surface area contributed by atoms with Gasteiger partial charge in [0, 0.05) is 49.8 Å². The first-order valence-corrected chi connectivity index (χ1v) is 8.30. The molecule has 2 amide bonds. The Balaban J connectivity index is 1.51. The number of amides is 2. The Bertz CT molecular complexity index is 697. The zero-order chi connectivity index (χ0) is 17.5. The highest BCUT2D eigenvalue weighted by Gasteiger charge is 2.22. The third-order valence-corrected chi connectivity index (χ3v) is 4.07. The summed E-state index contributed by atoms with van der Waals surface area (Å²) in [5, 5.41) is 5.87. The minimum absolute atomic E-state index is 0.0633. The van der Waals surface area contributed by atoms with Gasteiger partial charge in [0.25, 0.3) is 0 Å². The lowest BCUT2D eigenvalue weighted by atomic mass is 10.1. The molecule has 3 rings (SSSR count). The van der Waals surface area contributed by atoms with E-state index in [1.165, 1.54) is 0 Å². The number of aromatic nitrogens is 3. The molecule has 1 aliphatic rings. The number of hydrogen-bond acceptors (Lipinski definition) is 6. The maximum Gasteiger partial charge on any atom is 0.315 e. The van der Waals surface area contributed by atoms with Crippen molar-refractivity contribution in [3.63, 3.8) is 0 Å². The van der Waals surface area contributed by atoms with Gasteiger partial charge in [0.1, 0.15) is 0 Å². The fourth-order valence-corrected chi connectivity index (χ4v) is 2.89. The number of carbonyl (C=O) groups is 1. The van der Waals surface area contributed by atoms with Gasteiger partial charge in [-0.05, 0) is 25.0 Å². The van der Waals surface area contributed by atoms with Gasteiger partial charge < -0.3 is 20.3 Å². The van der Waals surface area contributed by atoms with Gasteiger partial charge in [0.15, 0.2) is 0 Å². The smallest absolute Gasteiger partial charge is 0.315 e. The Morgan fingerprint density at radius 2 is 2.08 bits per heavy atom. The molecule has 2 aromatic heterocycles. The monoisotopic (exact) mass is 342 g/mol. The first kappa shape index (κ1) is 16.9. The Kier molecular flexibility index (Phi) is 5.61. The quantitative estimate of drug-likeness (QED) is 0.852. The normalized spacial score (nSPS) is 17.0. The summed E-state index contributed by atoms with van der Waals surface area (Å²) in [4.78, 5) is 27.0. The molecule has 8 heteroatoms. The molecule has 0 spiro atoms. The largest absolute Gasteiger partial charge is 0.481 e. The third kappa shape index (κ3) is 4.56. The highest BCUT2D eigenvalue weighted by atomic mass is 16.5.